The number of methoxy groups -OCH3 is 1. The Morgan fingerprint density at radius 3 is 1.82 bits per heavy atom. The molecule has 2 aromatic heterocycles. The molecular formula is C52H76N8O6. The first-order valence-electron chi connectivity index (χ1n) is 23.7. The highest BCUT2D eigenvalue weighted by Crippen LogP contribution is 2.40. The second kappa shape index (κ2) is 23.1. The van der Waals surface area contributed by atoms with E-state index in [4.69, 9.17) is 14.5 Å². The van der Waals surface area contributed by atoms with Crippen LogP contribution in [0, 0.1) is 29.6 Å². The van der Waals surface area contributed by atoms with Gasteiger partial charge in [0.15, 0.2) is 17.4 Å². The highest BCUT2D eigenvalue weighted by atomic mass is 16.7. The van der Waals surface area contributed by atoms with Crippen LogP contribution < -0.4 is 16.0 Å². The van der Waals surface area contributed by atoms with Crippen molar-refractivity contribution < 1.29 is 28.7 Å². The number of fused-ring (bicyclic) bond motifs is 2. The number of aromatic nitrogens is 4. The second-order valence-corrected chi connectivity index (χ2v) is 19.9. The maximum atomic E-state index is 13.5. The highest BCUT2D eigenvalue weighted by molar-refractivity contribution is 5.99. The molecule has 4 aromatic rings. The van der Waals surface area contributed by atoms with E-state index in [1.165, 1.54) is 18.4 Å². The van der Waals surface area contributed by atoms with Crippen molar-refractivity contribution in [3.8, 4) is 11.4 Å². The number of Topliss-reactive ketones (excluding diaryl/α,β-unsaturated/α-hetero) is 2. The molecule has 3 N–H and O–H groups in total. The summed E-state index contributed by atoms with van der Waals surface area (Å²) in [5.41, 5.74) is 4.74. The zero-order valence-corrected chi connectivity index (χ0v) is 41.5. The number of rotatable bonds is 13. The van der Waals surface area contributed by atoms with Crippen LogP contribution in [0.5, 0.6) is 0 Å². The summed E-state index contributed by atoms with van der Waals surface area (Å²) >= 11 is 0. The molecular weight excluding hydrogens is 833 g/mol. The molecule has 2 aliphatic carbocycles. The van der Waals surface area contributed by atoms with Crippen LogP contribution in [0.3, 0.4) is 0 Å². The molecule has 2 aromatic carbocycles. The SMILES string of the molecule is CCOC1(OC)CC1.CNC(=O)[C@@H](CC(=O)c1nc(-c2ccccc2)n2c1CN(C1CC1)CC2)C(C)(C)C.CNC(=O)[C@@H](CC(=O)c1ncn2c1CNCC2)C(C)(C)C.Cc1ccccc1. The van der Waals surface area contributed by atoms with Gasteiger partial charge in [0.25, 0.3) is 0 Å². The summed E-state index contributed by atoms with van der Waals surface area (Å²) in [6, 6.07) is 21.0. The van der Waals surface area contributed by atoms with Gasteiger partial charge in [-0.15, -0.1) is 0 Å². The minimum Gasteiger partial charge on any atom is -0.359 e. The van der Waals surface area contributed by atoms with Gasteiger partial charge < -0.3 is 34.6 Å². The Kier molecular flexibility index (Phi) is 18.2. The van der Waals surface area contributed by atoms with E-state index in [-0.39, 0.29) is 58.8 Å². The number of aryl methyl sites for hydroxylation is 1. The Morgan fingerprint density at radius 2 is 1.36 bits per heavy atom. The van der Waals surface area contributed by atoms with E-state index < -0.39 is 5.92 Å². The number of hydrogen-bond acceptors (Lipinski definition) is 10. The fourth-order valence-corrected chi connectivity index (χ4v) is 8.40. The lowest BCUT2D eigenvalue weighted by atomic mass is 9.77. The maximum Gasteiger partial charge on any atom is 0.223 e. The van der Waals surface area contributed by atoms with Gasteiger partial charge in [0.05, 0.1) is 29.6 Å². The van der Waals surface area contributed by atoms with Gasteiger partial charge in [-0.2, -0.15) is 0 Å². The monoisotopic (exact) mass is 909 g/mol. The van der Waals surface area contributed by atoms with E-state index in [0.29, 0.717) is 24.0 Å². The minimum absolute atomic E-state index is 0.0397. The van der Waals surface area contributed by atoms with E-state index in [1.807, 2.05) is 102 Å². The van der Waals surface area contributed by atoms with Gasteiger partial charge in [-0.3, -0.25) is 24.1 Å². The normalized spacial score (nSPS) is 17.1. The number of ether oxygens (including phenoxy) is 2. The molecule has 66 heavy (non-hydrogen) atoms. The van der Waals surface area contributed by atoms with Gasteiger partial charge in [0.2, 0.25) is 11.8 Å². The zero-order chi connectivity index (χ0) is 48.2. The average molecular weight is 909 g/mol. The van der Waals surface area contributed by atoms with Crippen LogP contribution >= 0.6 is 0 Å². The minimum atomic E-state index is -0.393. The molecule has 2 aliphatic heterocycles. The van der Waals surface area contributed by atoms with Gasteiger partial charge in [-0.25, -0.2) is 9.97 Å². The third-order valence-electron chi connectivity index (χ3n) is 12.8. The van der Waals surface area contributed by atoms with Crippen LogP contribution in [-0.2, 0) is 45.2 Å². The first-order chi connectivity index (χ1) is 31.4. The molecule has 2 saturated carbocycles. The van der Waals surface area contributed by atoms with Crippen LogP contribution in [0.1, 0.15) is 125 Å². The van der Waals surface area contributed by atoms with Crippen molar-refractivity contribution in [2.24, 2.45) is 22.7 Å². The number of hydrogen-bond donors (Lipinski definition) is 3. The van der Waals surface area contributed by atoms with E-state index in [2.05, 4.69) is 49.5 Å². The summed E-state index contributed by atoms with van der Waals surface area (Å²) in [6.07, 6.45) is 6.69. The van der Waals surface area contributed by atoms with Gasteiger partial charge in [-0.05, 0) is 37.5 Å². The second-order valence-electron chi connectivity index (χ2n) is 19.9. The van der Waals surface area contributed by atoms with Crippen LogP contribution in [0.4, 0.5) is 0 Å². The summed E-state index contributed by atoms with van der Waals surface area (Å²) in [6.45, 7) is 21.7. The largest absolute Gasteiger partial charge is 0.359 e. The predicted octanol–water partition coefficient (Wildman–Crippen LogP) is 7.63. The van der Waals surface area contributed by atoms with Crippen LogP contribution in [0.2, 0.25) is 0 Å². The molecule has 8 rings (SSSR count). The van der Waals surface area contributed by atoms with Crippen LogP contribution in [0.25, 0.3) is 11.4 Å². The standard InChI is InChI=1S/C24H32N4O2.C15H24N4O2.C7H8.C6H12O2/c1-24(2,3)18(23(30)25-4)14-20(29)21-19-15-27(17-10-11-17)12-13-28(19)22(26-21)16-8-6-5-7-9-16;1-15(2,3)10(14(21)16-4)7-12(20)13-11-8-17-5-6-19(11)9-18-13;1-7-5-3-2-4-6-7;1-3-8-6(7-2)4-5-6/h5-9,17-18H,10-15H2,1-4H3,(H,25,30);9-10,17H,5-8H2,1-4H3,(H,16,21);2-6H,1H3;3-5H2,1-2H3/t18-;10-;;/m11../s1. The first-order valence-corrected chi connectivity index (χ1v) is 23.7. The van der Waals surface area contributed by atoms with Crippen molar-refractivity contribution in [2.45, 2.75) is 132 Å². The lowest BCUT2D eigenvalue weighted by Gasteiger charge is -2.30. The van der Waals surface area contributed by atoms with Crippen molar-refractivity contribution in [1.29, 1.82) is 0 Å². The van der Waals surface area contributed by atoms with Gasteiger partial charge in [0.1, 0.15) is 17.2 Å². The Hall–Kier alpha value is -5.02. The summed E-state index contributed by atoms with van der Waals surface area (Å²) in [5, 5.41) is 8.63. The summed E-state index contributed by atoms with van der Waals surface area (Å²) < 4.78 is 14.6. The molecule has 14 heteroatoms. The fraction of sp³-hybridized carbons (Fsp3) is 0.577. The average Bonchev–Trinajstić information content (AvgIpc) is 4.23. The van der Waals surface area contributed by atoms with Crippen LogP contribution in [-0.4, -0.2) is 100 Å². The van der Waals surface area contributed by atoms with Crippen molar-refractivity contribution >= 4 is 23.4 Å². The van der Waals surface area contributed by atoms with E-state index in [0.717, 1.165) is 74.9 Å². The van der Waals surface area contributed by atoms with Gasteiger partial charge in [0, 0.05) is 104 Å². The maximum absolute atomic E-state index is 13.5. The molecule has 2 atom stereocenters. The lowest BCUT2D eigenvalue weighted by Crippen LogP contribution is -2.38. The Morgan fingerprint density at radius 1 is 0.803 bits per heavy atom. The van der Waals surface area contributed by atoms with Crippen molar-refractivity contribution in [2.75, 3.05) is 40.9 Å². The smallest absolute Gasteiger partial charge is 0.223 e. The summed E-state index contributed by atoms with van der Waals surface area (Å²) in [5.74, 6) is -0.336. The Labute approximate surface area is 393 Å². The van der Waals surface area contributed by atoms with E-state index in [9.17, 15) is 19.2 Å². The third-order valence-corrected chi connectivity index (χ3v) is 12.8. The Balaban J connectivity index is 0.000000194. The van der Waals surface area contributed by atoms with Gasteiger partial charge in [-0.1, -0.05) is 108 Å². The molecule has 360 valence electrons. The van der Waals surface area contributed by atoms with Crippen molar-refractivity contribution in [3.05, 3.63) is 95.3 Å². The number of imidazole rings is 2. The molecule has 2 amide bonds. The zero-order valence-electron chi connectivity index (χ0n) is 41.5. The van der Waals surface area contributed by atoms with Crippen molar-refractivity contribution in [3.63, 3.8) is 0 Å². The number of carbonyl (C=O) groups excluding carboxylic acids is 4. The van der Waals surface area contributed by atoms with Crippen LogP contribution in [0.15, 0.2) is 67.0 Å². The number of amides is 2. The predicted molar refractivity (Wildman–Crippen MR) is 259 cm³/mol. The van der Waals surface area contributed by atoms with E-state index >= 15 is 0 Å². The summed E-state index contributed by atoms with van der Waals surface area (Å²) in [4.78, 5) is 62.2. The topological polar surface area (TPSA) is 162 Å². The number of nitrogens with one attached hydrogen (secondary N) is 3. The molecule has 0 unspecified atom stereocenters. The summed E-state index contributed by atoms with van der Waals surface area (Å²) in [7, 11) is 4.93. The number of benzene rings is 2. The molecule has 0 spiro atoms. The third kappa shape index (κ3) is 14.0. The molecule has 0 bridgehead atoms. The number of carbonyl (C=O) groups is 4. The lowest BCUT2D eigenvalue weighted by molar-refractivity contribution is -0.144. The molecule has 4 heterocycles. The fourth-order valence-electron chi connectivity index (χ4n) is 8.40. The highest BCUT2D eigenvalue weighted by Gasteiger charge is 2.44. The quantitative estimate of drug-likeness (QED) is 0.0899. The first kappa shape index (κ1) is 52.0. The number of nitrogens with zero attached hydrogens (tertiary/aromatic N) is 5. The molecule has 2 fully saturated rings. The molecule has 4 aliphatic rings. The Bertz CT molecular complexity index is 2210. The van der Waals surface area contributed by atoms with E-state index in [1.54, 1.807) is 27.5 Å². The van der Waals surface area contributed by atoms with Crippen molar-refractivity contribution in [1.82, 2.24) is 40.0 Å². The molecule has 0 radical (unpaired) electrons. The van der Waals surface area contributed by atoms with Gasteiger partial charge >= 0.3 is 0 Å². The number of ketones is 2. The molecule has 0 saturated heterocycles. The molecule has 14 nitrogen and oxygen atoms in total.